The molecule has 0 amide bonds. The Morgan fingerprint density at radius 2 is 2.28 bits per heavy atom. The van der Waals surface area contributed by atoms with Gasteiger partial charge in [0, 0.05) is 31.8 Å². The number of halogens is 1. The van der Waals surface area contributed by atoms with Crippen LogP contribution in [0.3, 0.4) is 0 Å². The summed E-state index contributed by atoms with van der Waals surface area (Å²) in [4.78, 5) is 14.4. The fraction of sp³-hybridized carbons (Fsp3) is 0.471. The van der Waals surface area contributed by atoms with E-state index in [0.717, 1.165) is 18.8 Å². The molecule has 0 unspecified atom stereocenters. The highest BCUT2D eigenvalue weighted by atomic mass is 19.1. The van der Waals surface area contributed by atoms with E-state index in [0.29, 0.717) is 25.5 Å². The molecule has 1 spiro atoms. The van der Waals surface area contributed by atoms with Crippen molar-refractivity contribution in [2.45, 2.75) is 24.5 Å². The molecule has 132 valence electrons. The van der Waals surface area contributed by atoms with Gasteiger partial charge >= 0.3 is 0 Å². The molecular formula is C17H19FN4O3. The van der Waals surface area contributed by atoms with E-state index in [-0.39, 0.29) is 17.6 Å². The minimum Gasteiger partial charge on any atom is -0.481 e. The van der Waals surface area contributed by atoms with E-state index in [4.69, 9.17) is 14.2 Å². The van der Waals surface area contributed by atoms with Gasteiger partial charge in [-0.3, -0.25) is 0 Å². The van der Waals surface area contributed by atoms with E-state index >= 15 is 0 Å². The molecular weight excluding hydrogens is 327 g/mol. The number of aromatic nitrogens is 3. The van der Waals surface area contributed by atoms with Crippen LogP contribution in [0, 0.1) is 5.82 Å². The third-order valence-electron chi connectivity index (χ3n) is 4.66. The zero-order valence-corrected chi connectivity index (χ0v) is 13.9. The molecule has 2 aromatic heterocycles. The number of anilines is 1. The van der Waals surface area contributed by atoms with Gasteiger partial charge in [-0.2, -0.15) is 0 Å². The largest absolute Gasteiger partial charge is 0.481 e. The first kappa shape index (κ1) is 16.0. The molecule has 0 N–H and O–H groups in total. The van der Waals surface area contributed by atoms with E-state index in [2.05, 4.69) is 19.9 Å². The van der Waals surface area contributed by atoms with Crippen LogP contribution in [0.25, 0.3) is 0 Å². The molecule has 0 bridgehead atoms. The highest BCUT2D eigenvalue weighted by molar-refractivity contribution is 5.43. The van der Waals surface area contributed by atoms with E-state index < -0.39 is 5.82 Å². The second-order valence-corrected chi connectivity index (χ2v) is 6.32. The standard InChI is InChI=1S/C17H19FN4O3/c1-23-15-7-14(20-11-21-15)22-6-4-17(10-22)8-12(9-24-17)25-16-13(18)3-2-5-19-16/h2-3,5,7,11-12H,4,6,8-10H2,1H3/t12-,17+/m1/s1. The molecule has 0 saturated carbocycles. The Balaban J connectivity index is 1.42. The predicted molar refractivity (Wildman–Crippen MR) is 87.3 cm³/mol. The summed E-state index contributed by atoms with van der Waals surface area (Å²) in [6.45, 7) is 1.96. The quantitative estimate of drug-likeness (QED) is 0.836. The molecule has 4 heterocycles. The Morgan fingerprint density at radius 1 is 1.36 bits per heavy atom. The maximum Gasteiger partial charge on any atom is 0.250 e. The maximum atomic E-state index is 13.7. The van der Waals surface area contributed by atoms with Crippen molar-refractivity contribution in [2.75, 3.05) is 31.7 Å². The lowest BCUT2D eigenvalue weighted by molar-refractivity contribution is 0.0192. The van der Waals surface area contributed by atoms with Gasteiger partial charge in [-0.25, -0.2) is 19.3 Å². The molecule has 0 aliphatic carbocycles. The fourth-order valence-corrected chi connectivity index (χ4v) is 3.43. The van der Waals surface area contributed by atoms with Crippen LogP contribution in [-0.2, 0) is 4.74 Å². The molecule has 2 fully saturated rings. The van der Waals surface area contributed by atoms with Crippen LogP contribution in [0.15, 0.2) is 30.7 Å². The van der Waals surface area contributed by atoms with Crippen molar-refractivity contribution < 1.29 is 18.6 Å². The topological polar surface area (TPSA) is 69.6 Å². The minimum atomic E-state index is -0.454. The summed E-state index contributed by atoms with van der Waals surface area (Å²) in [5.74, 6) is 0.922. The molecule has 0 radical (unpaired) electrons. The Kier molecular flexibility index (Phi) is 4.12. The summed E-state index contributed by atoms with van der Waals surface area (Å²) in [5.41, 5.74) is -0.298. The molecule has 4 rings (SSSR count). The average molecular weight is 346 g/mol. The molecule has 2 aromatic rings. The Bertz CT molecular complexity index is 762. The summed E-state index contributed by atoms with van der Waals surface area (Å²) >= 11 is 0. The lowest BCUT2D eigenvalue weighted by Gasteiger charge is -2.23. The lowest BCUT2D eigenvalue weighted by Crippen LogP contribution is -2.33. The number of rotatable bonds is 4. The number of hydrogen-bond donors (Lipinski definition) is 0. The van der Waals surface area contributed by atoms with Crippen LogP contribution in [0.4, 0.5) is 10.2 Å². The van der Waals surface area contributed by atoms with Crippen molar-refractivity contribution in [3.05, 3.63) is 36.5 Å². The zero-order valence-electron chi connectivity index (χ0n) is 13.9. The van der Waals surface area contributed by atoms with E-state index in [1.54, 1.807) is 13.2 Å². The summed E-state index contributed by atoms with van der Waals surface area (Å²) in [7, 11) is 1.58. The van der Waals surface area contributed by atoms with Gasteiger partial charge in [0.1, 0.15) is 18.2 Å². The highest BCUT2D eigenvalue weighted by Crippen LogP contribution is 2.38. The van der Waals surface area contributed by atoms with E-state index in [1.807, 2.05) is 6.07 Å². The first-order valence-electron chi connectivity index (χ1n) is 8.20. The fourth-order valence-electron chi connectivity index (χ4n) is 3.43. The van der Waals surface area contributed by atoms with Gasteiger partial charge in [-0.1, -0.05) is 0 Å². The van der Waals surface area contributed by atoms with Crippen molar-refractivity contribution in [3.8, 4) is 11.8 Å². The first-order chi connectivity index (χ1) is 12.2. The van der Waals surface area contributed by atoms with Gasteiger partial charge in [-0.05, 0) is 18.6 Å². The number of nitrogens with zero attached hydrogens (tertiary/aromatic N) is 4. The second kappa shape index (κ2) is 6.44. The minimum absolute atomic E-state index is 0.0311. The smallest absolute Gasteiger partial charge is 0.250 e. The number of hydrogen-bond acceptors (Lipinski definition) is 7. The van der Waals surface area contributed by atoms with Crippen molar-refractivity contribution in [1.29, 1.82) is 0 Å². The van der Waals surface area contributed by atoms with Gasteiger partial charge < -0.3 is 19.1 Å². The van der Waals surface area contributed by atoms with Crippen LogP contribution in [0.1, 0.15) is 12.8 Å². The molecule has 2 aliphatic rings. The molecule has 2 aliphatic heterocycles. The number of methoxy groups -OCH3 is 1. The van der Waals surface area contributed by atoms with Crippen LogP contribution in [-0.4, -0.2) is 53.5 Å². The zero-order chi connectivity index (χ0) is 17.3. The van der Waals surface area contributed by atoms with Crippen molar-refractivity contribution in [2.24, 2.45) is 0 Å². The van der Waals surface area contributed by atoms with Gasteiger partial charge in [0.15, 0.2) is 5.82 Å². The summed E-state index contributed by atoms with van der Waals surface area (Å²) in [6, 6.07) is 4.69. The summed E-state index contributed by atoms with van der Waals surface area (Å²) in [5, 5.41) is 0. The summed E-state index contributed by atoms with van der Waals surface area (Å²) in [6.07, 6.45) is 4.36. The average Bonchev–Trinajstić information content (AvgIpc) is 3.24. The van der Waals surface area contributed by atoms with Crippen molar-refractivity contribution >= 4 is 5.82 Å². The Morgan fingerprint density at radius 3 is 3.12 bits per heavy atom. The predicted octanol–water partition coefficient (Wildman–Crippen LogP) is 1.84. The molecule has 8 heteroatoms. The van der Waals surface area contributed by atoms with Gasteiger partial charge in [0.25, 0.3) is 5.88 Å². The van der Waals surface area contributed by atoms with Gasteiger partial charge in [0.2, 0.25) is 5.88 Å². The maximum absolute atomic E-state index is 13.7. The number of ether oxygens (including phenoxy) is 3. The first-order valence-corrected chi connectivity index (χ1v) is 8.20. The van der Waals surface area contributed by atoms with Crippen molar-refractivity contribution in [1.82, 2.24) is 15.0 Å². The molecule has 2 saturated heterocycles. The van der Waals surface area contributed by atoms with Gasteiger partial charge in [-0.15, -0.1) is 0 Å². The second-order valence-electron chi connectivity index (χ2n) is 6.32. The van der Waals surface area contributed by atoms with E-state index in [1.165, 1.54) is 18.6 Å². The Labute approximate surface area is 144 Å². The van der Waals surface area contributed by atoms with Crippen LogP contribution >= 0.6 is 0 Å². The van der Waals surface area contributed by atoms with Crippen LogP contribution in [0.2, 0.25) is 0 Å². The molecule has 7 nitrogen and oxygen atoms in total. The molecule has 2 atom stereocenters. The van der Waals surface area contributed by atoms with E-state index in [9.17, 15) is 4.39 Å². The SMILES string of the molecule is COc1cc(N2CC[C@]3(C[C@@H](Oc4ncccc4F)CO3)C2)ncn1. The lowest BCUT2D eigenvalue weighted by atomic mass is 9.98. The molecule has 0 aromatic carbocycles. The van der Waals surface area contributed by atoms with Gasteiger partial charge in [0.05, 0.1) is 19.3 Å². The monoisotopic (exact) mass is 346 g/mol. The number of pyridine rings is 1. The summed E-state index contributed by atoms with van der Waals surface area (Å²) < 4.78 is 30.6. The van der Waals surface area contributed by atoms with Crippen LogP contribution in [0.5, 0.6) is 11.8 Å². The third kappa shape index (κ3) is 3.21. The Hall–Kier alpha value is -2.48. The highest BCUT2D eigenvalue weighted by Gasteiger charge is 2.47. The normalized spacial score (nSPS) is 25.5. The molecule has 25 heavy (non-hydrogen) atoms. The van der Waals surface area contributed by atoms with Crippen molar-refractivity contribution in [3.63, 3.8) is 0 Å². The third-order valence-corrected chi connectivity index (χ3v) is 4.66. The van der Waals surface area contributed by atoms with Crippen LogP contribution < -0.4 is 14.4 Å².